The topological polar surface area (TPSA) is 89.3 Å². The van der Waals surface area contributed by atoms with Gasteiger partial charge in [-0.15, -0.1) is 0 Å². The molecule has 0 spiro atoms. The number of thiazole rings is 1. The van der Waals surface area contributed by atoms with Gasteiger partial charge in [-0.25, -0.2) is 4.98 Å². The van der Waals surface area contributed by atoms with Gasteiger partial charge in [-0.3, -0.25) is 14.2 Å². The van der Waals surface area contributed by atoms with Gasteiger partial charge in [0.1, 0.15) is 23.3 Å². The van der Waals surface area contributed by atoms with Gasteiger partial charge in [-0.2, -0.15) is 4.98 Å². The van der Waals surface area contributed by atoms with Crippen molar-refractivity contribution in [2.75, 3.05) is 30.4 Å². The maximum atomic E-state index is 12.7. The average molecular weight is 385 g/mol. The van der Waals surface area contributed by atoms with Crippen LogP contribution in [0, 0.1) is 0 Å². The van der Waals surface area contributed by atoms with E-state index in [1.54, 1.807) is 18.2 Å². The van der Waals surface area contributed by atoms with Gasteiger partial charge in [-0.05, 0) is 25.0 Å². The minimum absolute atomic E-state index is 0.128. The third-order valence-electron chi connectivity index (χ3n) is 4.44. The summed E-state index contributed by atoms with van der Waals surface area (Å²) < 4.78 is 7.00. The van der Waals surface area contributed by atoms with Crippen LogP contribution < -0.4 is 20.5 Å². The number of carbonyl (C=O) groups excluding carboxylic acids is 1. The smallest absolute Gasteiger partial charge is 0.273 e. The lowest BCUT2D eigenvalue weighted by molar-refractivity contribution is -0.116. The molecule has 1 aromatic carbocycles. The van der Waals surface area contributed by atoms with Gasteiger partial charge in [0.05, 0.1) is 12.8 Å². The van der Waals surface area contributed by atoms with Gasteiger partial charge in [0, 0.05) is 13.1 Å². The number of para-hydroxylation sites is 2. The highest BCUT2D eigenvalue weighted by Gasteiger charge is 2.19. The molecule has 1 aliphatic rings. The van der Waals surface area contributed by atoms with Crippen molar-refractivity contribution < 1.29 is 9.53 Å². The molecule has 1 N–H and O–H groups in total. The molecule has 0 aliphatic carbocycles. The number of hydrogen-bond acceptors (Lipinski definition) is 7. The maximum absolute atomic E-state index is 12.7. The van der Waals surface area contributed by atoms with E-state index in [4.69, 9.17) is 4.74 Å². The minimum Gasteiger partial charge on any atom is -0.495 e. The zero-order valence-electron chi connectivity index (χ0n) is 14.8. The van der Waals surface area contributed by atoms with Crippen LogP contribution in [0.15, 0.2) is 35.4 Å². The summed E-state index contributed by atoms with van der Waals surface area (Å²) in [6.07, 6.45) is 3.65. The van der Waals surface area contributed by atoms with Crippen molar-refractivity contribution in [2.24, 2.45) is 0 Å². The van der Waals surface area contributed by atoms with E-state index in [1.807, 2.05) is 6.07 Å². The highest BCUT2D eigenvalue weighted by atomic mass is 32.1. The van der Waals surface area contributed by atoms with Gasteiger partial charge in [0.15, 0.2) is 10.8 Å². The van der Waals surface area contributed by atoms with Crippen molar-refractivity contribution in [1.82, 2.24) is 14.5 Å². The van der Waals surface area contributed by atoms with E-state index in [2.05, 4.69) is 20.2 Å². The van der Waals surface area contributed by atoms with Crippen LogP contribution in [0.1, 0.15) is 12.8 Å². The summed E-state index contributed by atoms with van der Waals surface area (Å²) in [5.41, 5.74) is 0.743. The van der Waals surface area contributed by atoms with Crippen molar-refractivity contribution in [2.45, 2.75) is 19.4 Å². The van der Waals surface area contributed by atoms with E-state index in [1.165, 1.54) is 29.3 Å². The number of ether oxygens (including phenoxy) is 1. The Bertz CT molecular complexity index is 1040. The molecule has 1 aliphatic heterocycles. The minimum atomic E-state index is -0.327. The fourth-order valence-electron chi connectivity index (χ4n) is 3.08. The summed E-state index contributed by atoms with van der Waals surface area (Å²) in [5.74, 6) is 0.233. The number of rotatable bonds is 5. The third kappa shape index (κ3) is 3.50. The molecule has 2 aromatic heterocycles. The Morgan fingerprint density at radius 1 is 1.30 bits per heavy atom. The van der Waals surface area contributed by atoms with Crippen LogP contribution >= 0.6 is 11.3 Å². The van der Waals surface area contributed by atoms with Crippen LogP contribution in [-0.2, 0) is 11.3 Å². The SMILES string of the molecule is COc1ccccc1NC(=O)Cn1cnc2nc(N3CCCC3)sc2c1=O. The Morgan fingerprint density at radius 3 is 2.85 bits per heavy atom. The highest BCUT2D eigenvalue weighted by Crippen LogP contribution is 2.28. The number of fused-ring (bicyclic) bond motifs is 1. The lowest BCUT2D eigenvalue weighted by Gasteiger charge is -2.11. The lowest BCUT2D eigenvalue weighted by Crippen LogP contribution is -2.27. The summed E-state index contributed by atoms with van der Waals surface area (Å²) in [4.78, 5) is 36.0. The fourth-order valence-corrected chi connectivity index (χ4v) is 4.10. The molecule has 9 heteroatoms. The monoisotopic (exact) mass is 385 g/mol. The van der Waals surface area contributed by atoms with Crippen LogP contribution in [0.5, 0.6) is 5.75 Å². The van der Waals surface area contributed by atoms with Crippen molar-refractivity contribution in [3.05, 3.63) is 40.9 Å². The zero-order valence-corrected chi connectivity index (χ0v) is 15.7. The second-order valence-corrected chi connectivity index (χ2v) is 7.25. The Morgan fingerprint density at radius 2 is 2.07 bits per heavy atom. The number of methoxy groups -OCH3 is 1. The molecule has 0 saturated carbocycles. The van der Waals surface area contributed by atoms with Crippen molar-refractivity contribution >= 4 is 38.4 Å². The summed E-state index contributed by atoms with van der Waals surface area (Å²) in [7, 11) is 1.54. The number of nitrogens with one attached hydrogen (secondary N) is 1. The molecule has 0 bridgehead atoms. The van der Waals surface area contributed by atoms with Crippen molar-refractivity contribution in [1.29, 1.82) is 0 Å². The molecule has 8 nitrogen and oxygen atoms in total. The van der Waals surface area contributed by atoms with Crippen LogP contribution in [0.25, 0.3) is 10.3 Å². The number of amides is 1. The first-order valence-corrected chi connectivity index (χ1v) is 9.51. The predicted molar refractivity (Wildman–Crippen MR) is 105 cm³/mol. The van der Waals surface area contributed by atoms with E-state index in [9.17, 15) is 9.59 Å². The molecule has 0 atom stereocenters. The van der Waals surface area contributed by atoms with Crippen molar-refractivity contribution in [3.63, 3.8) is 0 Å². The Kier molecular flexibility index (Phi) is 4.76. The van der Waals surface area contributed by atoms with E-state index in [0.717, 1.165) is 31.1 Å². The van der Waals surface area contributed by atoms with E-state index in [-0.39, 0.29) is 18.0 Å². The van der Waals surface area contributed by atoms with Gasteiger partial charge >= 0.3 is 0 Å². The van der Waals surface area contributed by atoms with Crippen LogP contribution in [0.2, 0.25) is 0 Å². The number of nitrogens with zero attached hydrogens (tertiary/aromatic N) is 4. The molecular formula is C18H19N5O3S. The largest absolute Gasteiger partial charge is 0.495 e. The molecule has 3 aromatic rings. The predicted octanol–water partition coefficient (Wildman–Crippen LogP) is 2.10. The number of hydrogen-bond donors (Lipinski definition) is 1. The van der Waals surface area contributed by atoms with Gasteiger partial charge in [0.2, 0.25) is 5.91 Å². The lowest BCUT2D eigenvalue weighted by atomic mass is 10.3. The summed E-state index contributed by atoms with van der Waals surface area (Å²) in [6.45, 7) is 1.78. The molecular weight excluding hydrogens is 366 g/mol. The Hall–Kier alpha value is -2.94. The molecule has 1 fully saturated rings. The first-order chi connectivity index (χ1) is 13.2. The second-order valence-electron chi connectivity index (χ2n) is 6.27. The van der Waals surface area contributed by atoms with Crippen LogP contribution in [-0.4, -0.2) is 40.6 Å². The maximum Gasteiger partial charge on any atom is 0.273 e. The Balaban J connectivity index is 1.55. The van der Waals surface area contributed by atoms with E-state index >= 15 is 0 Å². The van der Waals surface area contributed by atoms with Crippen LogP contribution in [0.3, 0.4) is 0 Å². The molecule has 140 valence electrons. The molecule has 4 rings (SSSR count). The summed E-state index contributed by atoms with van der Waals surface area (Å²) in [6, 6.07) is 7.12. The highest BCUT2D eigenvalue weighted by molar-refractivity contribution is 7.22. The number of carbonyl (C=O) groups is 1. The molecule has 0 unspecified atom stereocenters. The average Bonchev–Trinajstić information content (AvgIpc) is 3.34. The van der Waals surface area contributed by atoms with Crippen LogP contribution in [0.4, 0.5) is 10.8 Å². The Labute approximate surface area is 159 Å². The molecule has 1 amide bonds. The number of aromatic nitrogens is 3. The second kappa shape index (κ2) is 7.36. The number of anilines is 2. The first kappa shape index (κ1) is 17.5. The molecule has 0 radical (unpaired) electrons. The van der Waals surface area contributed by atoms with Gasteiger partial charge < -0.3 is 15.0 Å². The number of benzene rings is 1. The summed E-state index contributed by atoms with van der Waals surface area (Å²) in [5, 5.41) is 3.59. The van der Waals surface area contributed by atoms with E-state index in [0.29, 0.717) is 21.8 Å². The molecule has 3 heterocycles. The molecule has 1 saturated heterocycles. The third-order valence-corrected chi connectivity index (χ3v) is 5.54. The van der Waals surface area contributed by atoms with Crippen molar-refractivity contribution in [3.8, 4) is 5.75 Å². The normalized spacial score (nSPS) is 13.9. The fraction of sp³-hybridized carbons (Fsp3) is 0.333. The van der Waals surface area contributed by atoms with Gasteiger partial charge in [0.25, 0.3) is 5.56 Å². The summed E-state index contributed by atoms with van der Waals surface area (Å²) >= 11 is 1.34. The zero-order chi connectivity index (χ0) is 18.8. The van der Waals surface area contributed by atoms with E-state index < -0.39 is 0 Å². The van der Waals surface area contributed by atoms with Gasteiger partial charge in [-0.1, -0.05) is 23.5 Å². The first-order valence-electron chi connectivity index (χ1n) is 8.69. The quantitative estimate of drug-likeness (QED) is 0.723. The molecule has 27 heavy (non-hydrogen) atoms. The standard InChI is InChI=1S/C18H19N5O3S/c1-26-13-7-3-2-6-12(13)20-14(24)10-23-11-19-16-15(17(23)25)27-18(21-16)22-8-4-5-9-22/h2-3,6-7,11H,4-5,8-10H2,1H3,(H,20,24).